The maximum absolute atomic E-state index is 12.9. The molecule has 1 saturated heterocycles. The average Bonchev–Trinajstić information content (AvgIpc) is 3.26. The Balaban J connectivity index is 1.69. The summed E-state index contributed by atoms with van der Waals surface area (Å²) in [5.74, 6) is 1.70. The van der Waals surface area contributed by atoms with Crippen molar-refractivity contribution in [2.24, 2.45) is 0 Å². The van der Waals surface area contributed by atoms with Crippen molar-refractivity contribution in [2.75, 3.05) is 11.6 Å². The average molecular weight is 434 g/mol. The van der Waals surface area contributed by atoms with Gasteiger partial charge in [-0.25, -0.2) is 0 Å². The number of rotatable bonds is 5. The summed E-state index contributed by atoms with van der Waals surface area (Å²) in [6, 6.07) is 7.58. The van der Waals surface area contributed by atoms with E-state index in [0.717, 1.165) is 11.1 Å². The summed E-state index contributed by atoms with van der Waals surface area (Å²) in [5.41, 5.74) is 1.77. The van der Waals surface area contributed by atoms with Crippen LogP contribution in [0.5, 0.6) is 0 Å². The van der Waals surface area contributed by atoms with Crippen LogP contribution in [-0.4, -0.2) is 54.7 Å². The number of nitrogens with zero attached hydrogens (tertiary/aromatic N) is 3. The number of aromatic amines is 1. The Bertz CT molecular complexity index is 943. The van der Waals surface area contributed by atoms with Crippen LogP contribution in [0.25, 0.3) is 11.4 Å². The lowest BCUT2D eigenvalue weighted by molar-refractivity contribution is -0.138. The van der Waals surface area contributed by atoms with Crippen LogP contribution in [0.3, 0.4) is 0 Å². The number of thioether (sulfide) groups is 1. The van der Waals surface area contributed by atoms with E-state index in [2.05, 4.69) is 15.5 Å². The van der Waals surface area contributed by atoms with Gasteiger partial charge in [-0.05, 0) is 39.9 Å². The summed E-state index contributed by atoms with van der Waals surface area (Å²) in [5, 5.41) is 10.1. The van der Waals surface area contributed by atoms with E-state index in [4.69, 9.17) is 12.2 Å². The highest BCUT2D eigenvalue weighted by Gasteiger charge is 2.35. The van der Waals surface area contributed by atoms with Crippen LogP contribution in [-0.2, 0) is 16.1 Å². The van der Waals surface area contributed by atoms with E-state index in [1.54, 1.807) is 16.7 Å². The Labute approximate surface area is 180 Å². The summed E-state index contributed by atoms with van der Waals surface area (Å²) in [7, 11) is 0. The van der Waals surface area contributed by atoms with Gasteiger partial charge in [0.1, 0.15) is 6.04 Å². The molecule has 0 aliphatic carbocycles. The predicted molar refractivity (Wildman–Crippen MR) is 118 cm³/mol. The first-order valence-electron chi connectivity index (χ1n) is 9.57. The molecule has 0 spiro atoms. The summed E-state index contributed by atoms with van der Waals surface area (Å²) < 4.78 is 2.32. The van der Waals surface area contributed by atoms with Crippen LogP contribution >= 0.6 is 24.0 Å². The van der Waals surface area contributed by atoms with E-state index in [-0.39, 0.29) is 23.8 Å². The van der Waals surface area contributed by atoms with E-state index < -0.39 is 6.04 Å². The maximum atomic E-state index is 12.9. The molecule has 1 atom stereocenters. The Morgan fingerprint density at radius 1 is 1.31 bits per heavy atom. The Morgan fingerprint density at radius 2 is 2.00 bits per heavy atom. The van der Waals surface area contributed by atoms with Crippen molar-refractivity contribution in [1.82, 2.24) is 25.0 Å². The van der Waals surface area contributed by atoms with Crippen LogP contribution in [0, 0.1) is 11.7 Å². The summed E-state index contributed by atoms with van der Waals surface area (Å²) in [4.78, 5) is 27.1. The highest BCUT2D eigenvalue weighted by molar-refractivity contribution is 7.99. The zero-order chi connectivity index (χ0) is 21.2. The zero-order valence-corrected chi connectivity index (χ0v) is 18.8. The Hall–Kier alpha value is -2.13. The zero-order valence-electron chi connectivity index (χ0n) is 17.2. The number of aryl methyl sites for hydroxylation is 1. The molecule has 7 nitrogen and oxygen atoms in total. The third-order valence-corrected chi connectivity index (χ3v) is 5.94. The van der Waals surface area contributed by atoms with Crippen molar-refractivity contribution in [3.05, 3.63) is 34.6 Å². The predicted octanol–water partition coefficient (Wildman–Crippen LogP) is 3.12. The van der Waals surface area contributed by atoms with Crippen LogP contribution in [0.1, 0.15) is 32.8 Å². The third kappa shape index (κ3) is 5.27. The Kier molecular flexibility index (Phi) is 6.48. The highest BCUT2D eigenvalue weighted by Crippen LogP contribution is 2.23. The summed E-state index contributed by atoms with van der Waals surface area (Å²) in [6.45, 7) is 8.25. The SMILES string of the molecule is Cc1ccc(-c2n[nH]c(=S)n2CCC(=O)N2CSCC2C(=O)NC(C)(C)C)cc1. The number of amides is 2. The molecule has 2 amide bonds. The molecule has 1 unspecified atom stereocenters. The molecule has 2 aromatic rings. The van der Waals surface area contributed by atoms with Crippen molar-refractivity contribution in [1.29, 1.82) is 0 Å². The molecule has 0 radical (unpaired) electrons. The largest absolute Gasteiger partial charge is 0.350 e. The molecule has 2 heterocycles. The molecule has 3 rings (SSSR count). The lowest BCUT2D eigenvalue weighted by Gasteiger charge is -2.27. The second kappa shape index (κ2) is 8.71. The highest BCUT2D eigenvalue weighted by atomic mass is 32.2. The molecule has 0 bridgehead atoms. The van der Waals surface area contributed by atoms with Gasteiger partial charge in [0.25, 0.3) is 0 Å². The molecule has 1 aromatic carbocycles. The van der Waals surface area contributed by atoms with Gasteiger partial charge in [-0.3, -0.25) is 19.3 Å². The molecule has 1 aliphatic rings. The first-order chi connectivity index (χ1) is 13.7. The minimum absolute atomic E-state index is 0.0537. The van der Waals surface area contributed by atoms with Crippen LogP contribution in [0.15, 0.2) is 24.3 Å². The molecule has 1 aliphatic heterocycles. The van der Waals surface area contributed by atoms with E-state index >= 15 is 0 Å². The molecule has 9 heteroatoms. The fraction of sp³-hybridized carbons (Fsp3) is 0.500. The minimum Gasteiger partial charge on any atom is -0.350 e. The van der Waals surface area contributed by atoms with Crippen molar-refractivity contribution in [3.8, 4) is 11.4 Å². The maximum Gasteiger partial charge on any atom is 0.244 e. The second-order valence-corrected chi connectivity index (χ2v) is 9.62. The van der Waals surface area contributed by atoms with Crippen LogP contribution in [0.2, 0.25) is 0 Å². The van der Waals surface area contributed by atoms with Gasteiger partial charge in [-0.15, -0.1) is 11.8 Å². The number of aromatic nitrogens is 3. The van der Waals surface area contributed by atoms with Crippen LogP contribution in [0.4, 0.5) is 0 Å². The summed E-state index contributed by atoms with van der Waals surface area (Å²) in [6.07, 6.45) is 0.257. The molecule has 1 aromatic heterocycles. The molecule has 1 fully saturated rings. The quantitative estimate of drug-likeness (QED) is 0.708. The second-order valence-electron chi connectivity index (χ2n) is 8.24. The van der Waals surface area contributed by atoms with Crippen molar-refractivity contribution >= 4 is 35.8 Å². The number of nitrogens with one attached hydrogen (secondary N) is 2. The standard InChI is InChI=1S/C20H27N5O2S2/c1-13-5-7-14(8-6-13)17-22-23-19(28)24(17)10-9-16(26)25-12-29-11-15(25)18(27)21-20(2,3)4/h5-8,15H,9-12H2,1-4H3,(H,21,27)(H,23,28). The normalized spacial score (nSPS) is 16.8. The molecule has 29 heavy (non-hydrogen) atoms. The lowest BCUT2D eigenvalue weighted by Crippen LogP contribution is -2.52. The van der Waals surface area contributed by atoms with E-state index in [9.17, 15) is 9.59 Å². The first-order valence-corrected chi connectivity index (χ1v) is 11.1. The van der Waals surface area contributed by atoms with E-state index in [0.29, 0.717) is 28.8 Å². The number of carbonyl (C=O) groups is 2. The molecule has 0 saturated carbocycles. The Morgan fingerprint density at radius 3 is 2.66 bits per heavy atom. The van der Waals surface area contributed by atoms with Gasteiger partial charge in [0.2, 0.25) is 11.8 Å². The minimum atomic E-state index is -0.430. The van der Waals surface area contributed by atoms with E-state index in [1.807, 2.05) is 56.5 Å². The van der Waals surface area contributed by atoms with Crippen molar-refractivity contribution in [3.63, 3.8) is 0 Å². The van der Waals surface area contributed by atoms with Gasteiger partial charge >= 0.3 is 0 Å². The first kappa shape index (κ1) is 21.6. The van der Waals surface area contributed by atoms with E-state index in [1.165, 1.54) is 0 Å². The molecule has 156 valence electrons. The van der Waals surface area contributed by atoms with Gasteiger partial charge in [-0.1, -0.05) is 29.8 Å². The molecule has 2 N–H and O–H groups in total. The topological polar surface area (TPSA) is 83.0 Å². The van der Waals surface area contributed by atoms with Crippen molar-refractivity contribution in [2.45, 2.75) is 52.2 Å². The van der Waals surface area contributed by atoms with Gasteiger partial charge < -0.3 is 10.2 Å². The fourth-order valence-electron chi connectivity index (χ4n) is 3.16. The van der Waals surface area contributed by atoms with Crippen LogP contribution < -0.4 is 5.32 Å². The molecular formula is C20H27N5O2S2. The van der Waals surface area contributed by atoms with Gasteiger partial charge in [0, 0.05) is 29.8 Å². The van der Waals surface area contributed by atoms with Gasteiger partial charge in [-0.2, -0.15) is 5.10 Å². The number of benzene rings is 1. The smallest absolute Gasteiger partial charge is 0.244 e. The number of hydrogen-bond acceptors (Lipinski definition) is 5. The van der Waals surface area contributed by atoms with Gasteiger partial charge in [0.15, 0.2) is 10.6 Å². The van der Waals surface area contributed by atoms with Gasteiger partial charge in [0.05, 0.1) is 5.88 Å². The number of H-pyrrole nitrogens is 1. The monoisotopic (exact) mass is 433 g/mol. The fourth-order valence-corrected chi connectivity index (χ4v) is 4.56. The number of hydrogen-bond donors (Lipinski definition) is 2. The lowest BCUT2D eigenvalue weighted by atomic mass is 10.1. The van der Waals surface area contributed by atoms with Crippen molar-refractivity contribution < 1.29 is 9.59 Å². The molecular weight excluding hydrogens is 406 g/mol. The third-order valence-electron chi connectivity index (χ3n) is 4.62. The summed E-state index contributed by atoms with van der Waals surface area (Å²) >= 11 is 6.96. The number of carbonyl (C=O) groups excluding carboxylic acids is 2.